The summed E-state index contributed by atoms with van der Waals surface area (Å²) in [4.78, 5) is 0. The van der Waals surface area contributed by atoms with Gasteiger partial charge >= 0.3 is 0 Å². The Morgan fingerprint density at radius 1 is 1.05 bits per heavy atom. The van der Waals surface area contributed by atoms with Crippen molar-refractivity contribution in [1.29, 1.82) is 0 Å². The summed E-state index contributed by atoms with van der Waals surface area (Å²) in [6, 6.07) is 0. The van der Waals surface area contributed by atoms with Crippen LogP contribution in [0.1, 0.15) is 72.1 Å². The van der Waals surface area contributed by atoms with E-state index in [1.807, 2.05) is 0 Å². The molecule has 0 aliphatic heterocycles. The second kappa shape index (κ2) is 7.31. The summed E-state index contributed by atoms with van der Waals surface area (Å²) >= 11 is 6.33. The molecule has 112 valence electrons. The lowest BCUT2D eigenvalue weighted by atomic mass is 9.77. The highest BCUT2D eigenvalue weighted by molar-refractivity contribution is 6.20. The Morgan fingerprint density at radius 3 is 2.42 bits per heavy atom. The van der Waals surface area contributed by atoms with Gasteiger partial charge in [-0.2, -0.15) is 0 Å². The monoisotopic (exact) mass is 286 g/mol. The van der Waals surface area contributed by atoms with Crippen LogP contribution >= 0.6 is 11.6 Å². The van der Waals surface area contributed by atoms with Crippen LogP contribution in [0, 0.1) is 17.8 Å². The van der Waals surface area contributed by atoms with E-state index in [1.54, 1.807) is 0 Å². The molecule has 0 aromatic heterocycles. The maximum atomic E-state index is 6.33. The minimum atomic E-state index is 0.406. The molecule has 0 aromatic rings. The maximum absolute atomic E-state index is 6.33. The SMILES string of the molecule is CC1CCC(OC(C)CC2CC(Cl)CC[C@@H]2C)CC1. The van der Waals surface area contributed by atoms with Crippen molar-refractivity contribution in [2.24, 2.45) is 17.8 Å². The largest absolute Gasteiger partial charge is 0.375 e. The Balaban J connectivity index is 1.72. The van der Waals surface area contributed by atoms with Crippen molar-refractivity contribution in [3.63, 3.8) is 0 Å². The molecule has 19 heavy (non-hydrogen) atoms. The van der Waals surface area contributed by atoms with E-state index in [0.29, 0.717) is 17.6 Å². The van der Waals surface area contributed by atoms with Crippen LogP contribution in [0.15, 0.2) is 0 Å². The van der Waals surface area contributed by atoms with Gasteiger partial charge in [-0.15, -0.1) is 11.6 Å². The van der Waals surface area contributed by atoms with Crippen LogP contribution in [0.25, 0.3) is 0 Å². The van der Waals surface area contributed by atoms with Crippen LogP contribution in [0.2, 0.25) is 0 Å². The van der Waals surface area contributed by atoms with E-state index in [4.69, 9.17) is 16.3 Å². The summed E-state index contributed by atoms with van der Waals surface area (Å²) in [6.45, 7) is 7.02. The van der Waals surface area contributed by atoms with E-state index in [1.165, 1.54) is 51.4 Å². The van der Waals surface area contributed by atoms with E-state index in [9.17, 15) is 0 Å². The van der Waals surface area contributed by atoms with Crippen molar-refractivity contribution in [2.45, 2.75) is 89.7 Å². The molecule has 0 amide bonds. The van der Waals surface area contributed by atoms with Crippen molar-refractivity contribution in [3.8, 4) is 0 Å². The van der Waals surface area contributed by atoms with Gasteiger partial charge in [0, 0.05) is 5.38 Å². The van der Waals surface area contributed by atoms with Gasteiger partial charge in [-0.25, -0.2) is 0 Å². The third-order valence-electron chi connectivity index (χ3n) is 5.32. The Labute approximate surface area is 124 Å². The zero-order chi connectivity index (χ0) is 13.8. The summed E-state index contributed by atoms with van der Waals surface area (Å²) < 4.78 is 6.28. The second-order valence-corrected chi connectivity index (χ2v) is 7.83. The summed E-state index contributed by atoms with van der Waals surface area (Å²) in [5.41, 5.74) is 0. The molecule has 0 heterocycles. The minimum Gasteiger partial charge on any atom is -0.375 e. The second-order valence-electron chi connectivity index (χ2n) is 7.21. The van der Waals surface area contributed by atoms with Gasteiger partial charge in [0.1, 0.15) is 0 Å². The van der Waals surface area contributed by atoms with Gasteiger partial charge in [0.2, 0.25) is 0 Å². The molecule has 2 rings (SSSR count). The van der Waals surface area contributed by atoms with E-state index in [2.05, 4.69) is 20.8 Å². The summed E-state index contributed by atoms with van der Waals surface area (Å²) in [6.07, 6.45) is 11.1. The molecule has 1 nitrogen and oxygen atoms in total. The van der Waals surface area contributed by atoms with E-state index < -0.39 is 0 Å². The minimum absolute atomic E-state index is 0.406. The van der Waals surface area contributed by atoms with E-state index >= 15 is 0 Å². The molecule has 0 bridgehead atoms. The molecular formula is C17H31ClO. The first-order valence-electron chi connectivity index (χ1n) is 8.34. The maximum Gasteiger partial charge on any atom is 0.0579 e. The molecule has 0 spiro atoms. The van der Waals surface area contributed by atoms with Crippen molar-refractivity contribution < 1.29 is 4.74 Å². The van der Waals surface area contributed by atoms with E-state index in [-0.39, 0.29) is 0 Å². The molecule has 2 fully saturated rings. The number of alkyl halides is 1. The van der Waals surface area contributed by atoms with Crippen LogP contribution in [0.3, 0.4) is 0 Å². The number of hydrogen-bond donors (Lipinski definition) is 0. The lowest BCUT2D eigenvalue weighted by Gasteiger charge is -2.35. The normalized spacial score (nSPS) is 42.0. The van der Waals surface area contributed by atoms with Crippen molar-refractivity contribution in [1.82, 2.24) is 0 Å². The highest BCUT2D eigenvalue weighted by Gasteiger charge is 2.29. The third-order valence-corrected chi connectivity index (χ3v) is 5.72. The summed E-state index contributed by atoms with van der Waals surface area (Å²) in [5, 5.41) is 0.406. The van der Waals surface area contributed by atoms with Crippen LogP contribution in [0.5, 0.6) is 0 Å². The molecular weight excluding hydrogens is 256 g/mol. The number of halogens is 1. The lowest BCUT2D eigenvalue weighted by Crippen LogP contribution is -2.30. The molecule has 2 saturated carbocycles. The summed E-state index contributed by atoms with van der Waals surface area (Å²) in [7, 11) is 0. The first-order valence-corrected chi connectivity index (χ1v) is 8.77. The molecule has 2 aliphatic carbocycles. The number of rotatable bonds is 4. The van der Waals surface area contributed by atoms with Gasteiger partial charge < -0.3 is 4.74 Å². The van der Waals surface area contributed by atoms with Crippen LogP contribution in [-0.2, 0) is 4.74 Å². The van der Waals surface area contributed by atoms with Gasteiger partial charge in [-0.05, 0) is 76.0 Å². The number of ether oxygens (including phenoxy) is 1. The predicted molar refractivity (Wildman–Crippen MR) is 82.7 cm³/mol. The standard InChI is InChI=1S/C17H31ClO/c1-12-4-8-17(9-5-12)19-14(3)10-15-11-16(18)7-6-13(15)2/h12-17H,4-11H2,1-3H3/t12?,13-,14?,15?,16?,17?/m0/s1. The quantitative estimate of drug-likeness (QED) is 0.628. The van der Waals surface area contributed by atoms with Gasteiger partial charge in [-0.1, -0.05) is 13.8 Å². The van der Waals surface area contributed by atoms with Gasteiger partial charge in [-0.3, -0.25) is 0 Å². The topological polar surface area (TPSA) is 9.23 Å². The average molecular weight is 287 g/mol. The zero-order valence-electron chi connectivity index (χ0n) is 12.9. The fourth-order valence-electron chi connectivity index (χ4n) is 3.86. The van der Waals surface area contributed by atoms with Crippen molar-refractivity contribution in [3.05, 3.63) is 0 Å². The van der Waals surface area contributed by atoms with Crippen LogP contribution < -0.4 is 0 Å². The Bertz CT molecular complexity index is 260. The van der Waals surface area contributed by atoms with Gasteiger partial charge in [0.05, 0.1) is 12.2 Å². The Morgan fingerprint density at radius 2 is 1.74 bits per heavy atom. The van der Waals surface area contributed by atoms with Crippen LogP contribution in [0.4, 0.5) is 0 Å². The molecule has 0 aromatic carbocycles. The van der Waals surface area contributed by atoms with Gasteiger partial charge in [0.25, 0.3) is 0 Å². The van der Waals surface area contributed by atoms with Gasteiger partial charge in [0.15, 0.2) is 0 Å². The molecule has 0 saturated heterocycles. The van der Waals surface area contributed by atoms with Crippen molar-refractivity contribution in [2.75, 3.05) is 0 Å². The summed E-state index contributed by atoms with van der Waals surface area (Å²) in [5.74, 6) is 2.51. The fourth-order valence-corrected chi connectivity index (χ4v) is 4.22. The Hall–Kier alpha value is 0.250. The molecule has 0 radical (unpaired) electrons. The lowest BCUT2D eigenvalue weighted by molar-refractivity contribution is -0.0414. The smallest absolute Gasteiger partial charge is 0.0579 e. The molecule has 2 heteroatoms. The van der Waals surface area contributed by atoms with Crippen molar-refractivity contribution >= 4 is 11.6 Å². The Kier molecular flexibility index (Phi) is 6.02. The highest BCUT2D eigenvalue weighted by Crippen LogP contribution is 2.36. The van der Waals surface area contributed by atoms with E-state index in [0.717, 1.165) is 17.8 Å². The zero-order valence-corrected chi connectivity index (χ0v) is 13.7. The third kappa shape index (κ3) is 4.93. The first-order chi connectivity index (χ1) is 9.04. The van der Waals surface area contributed by atoms with Crippen LogP contribution in [-0.4, -0.2) is 17.6 Å². The molecule has 3 unspecified atom stereocenters. The average Bonchev–Trinajstić information content (AvgIpc) is 2.37. The molecule has 4 atom stereocenters. The highest BCUT2D eigenvalue weighted by atomic mass is 35.5. The molecule has 0 N–H and O–H groups in total. The fraction of sp³-hybridized carbons (Fsp3) is 1.00. The molecule has 2 aliphatic rings. The first kappa shape index (κ1) is 15.6. The predicted octanol–water partition coefficient (Wildman–Crippen LogP) is 5.40. The number of hydrogen-bond acceptors (Lipinski definition) is 1.